The number of carbonyl (C=O) groups is 1. The van der Waals surface area contributed by atoms with Crippen molar-refractivity contribution in [3.63, 3.8) is 0 Å². The van der Waals surface area contributed by atoms with Crippen molar-refractivity contribution in [1.29, 1.82) is 0 Å². The maximum Gasteiger partial charge on any atom is 0.573 e. The van der Waals surface area contributed by atoms with Crippen molar-refractivity contribution in [2.45, 2.75) is 18.1 Å². The summed E-state index contributed by atoms with van der Waals surface area (Å²) in [5.74, 6) is -1.22. The van der Waals surface area contributed by atoms with Gasteiger partial charge in [0, 0.05) is 11.5 Å². The largest absolute Gasteiger partial charge is 0.573 e. The van der Waals surface area contributed by atoms with Gasteiger partial charge in [0.25, 0.3) is 11.7 Å². The Hall–Kier alpha value is -0.960. The first-order valence-electron chi connectivity index (χ1n) is 4.48. The predicted octanol–water partition coefficient (Wildman–Crippen LogP) is 4.19. The molecule has 1 aromatic rings. The number of carbonyl (C=O) groups excluding carboxylic acids is 1. The van der Waals surface area contributed by atoms with Gasteiger partial charge in [-0.2, -0.15) is 0 Å². The summed E-state index contributed by atoms with van der Waals surface area (Å²) in [6.45, 7) is 0. The zero-order valence-electron chi connectivity index (χ0n) is 8.77. The Balaban J connectivity index is 3.52. The molecule has 0 N–H and O–H groups in total. The fourth-order valence-corrected chi connectivity index (χ4v) is 1.80. The van der Waals surface area contributed by atoms with Crippen LogP contribution < -0.4 is 4.74 Å². The van der Waals surface area contributed by atoms with E-state index >= 15 is 0 Å². The van der Waals surface area contributed by atoms with Crippen LogP contribution in [-0.4, -0.2) is 16.6 Å². The van der Waals surface area contributed by atoms with Crippen LogP contribution in [0.4, 0.5) is 22.0 Å². The molecule has 1 rings (SSSR count). The second-order valence-corrected chi connectivity index (χ2v) is 4.02. The van der Waals surface area contributed by atoms with Crippen molar-refractivity contribution in [3.05, 3.63) is 23.0 Å². The number of pyridine rings is 1. The lowest BCUT2D eigenvalue weighted by atomic mass is 10.1. The predicted molar refractivity (Wildman–Crippen MR) is 58.7 cm³/mol. The molecule has 0 fully saturated rings. The maximum absolute atomic E-state index is 12.8. The van der Waals surface area contributed by atoms with Gasteiger partial charge in [0.1, 0.15) is 0 Å². The summed E-state index contributed by atoms with van der Waals surface area (Å²) >= 11 is 7.82. The van der Waals surface area contributed by atoms with Crippen LogP contribution >= 0.6 is 27.5 Å². The lowest BCUT2D eigenvalue weighted by Gasteiger charge is -2.17. The van der Waals surface area contributed by atoms with Crippen molar-refractivity contribution in [2.24, 2.45) is 0 Å². The highest BCUT2D eigenvalue weighted by atomic mass is 79.9. The Morgan fingerprint density at radius 2 is 2.05 bits per heavy atom. The zero-order valence-corrected chi connectivity index (χ0v) is 11.1. The molecule has 0 aliphatic carbocycles. The minimum atomic E-state index is -5.20. The number of alkyl halides is 6. The molecule has 106 valence electrons. The number of nitrogens with zero attached hydrogens (tertiary/aromatic N) is 1. The quantitative estimate of drug-likeness (QED) is 0.454. The summed E-state index contributed by atoms with van der Waals surface area (Å²) < 4.78 is 65.8. The van der Waals surface area contributed by atoms with Crippen LogP contribution in [0.15, 0.2) is 6.20 Å². The zero-order chi connectivity index (χ0) is 14.8. The summed E-state index contributed by atoms with van der Waals surface area (Å²) in [7, 11) is 0. The van der Waals surface area contributed by atoms with Crippen LogP contribution in [0.5, 0.6) is 5.75 Å². The molecule has 0 amide bonds. The van der Waals surface area contributed by atoms with Gasteiger partial charge in [0.2, 0.25) is 0 Å². The Kier molecular flexibility index (Phi) is 5.08. The van der Waals surface area contributed by atoms with Crippen LogP contribution in [-0.2, 0) is 5.33 Å². The number of hydrogen-bond donors (Lipinski definition) is 0. The first-order chi connectivity index (χ1) is 8.67. The van der Waals surface area contributed by atoms with E-state index in [0.717, 1.165) is 0 Å². The van der Waals surface area contributed by atoms with Gasteiger partial charge in [-0.05, 0) is 11.6 Å². The molecule has 0 aromatic carbocycles. The van der Waals surface area contributed by atoms with Crippen LogP contribution in [0, 0.1) is 0 Å². The van der Waals surface area contributed by atoms with E-state index in [4.69, 9.17) is 11.6 Å². The molecular formula is C9H4BrClF5NO2. The summed E-state index contributed by atoms with van der Waals surface area (Å²) in [5, 5.41) is -1.62. The highest BCUT2D eigenvalue weighted by Gasteiger charge is 2.36. The molecule has 0 spiro atoms. The van der Waals surface area contributed by atoms with Gasteiger partial charge < -0.3 is 4.74 Å². The lowest BCUT2D eigenvalue weighted by molar-refractivity contribution is -0.275. The monoisotopic (exact) mass is 367 g/mol. The topological polar surface area (TPSA) is 39.2 Å². The Morgan fingerprint density at radius 1 is 1.47 bits per heavy atom. The van der Waals surface area contributed by atoms with Crippen molar-refractivity contribution >= 4 is 32.8 Å². The molecule has 0 radical (unpaired) electrons. The third kappa shape index (κ3) is 4.00. The van der Waals surface area contributed by atoms with Crippen molar-refractivity contribution in [3.8, 4) is 5.75 Å². The highest BCUT2D eigenvalue weighted by Crippen LogP contribution is 2.38. The molecule has 0 saturated carbocycles. The van der Waals surface area contributed by atoms with E-state index in [1.165, 1.54) is 0 Å². The van der Waals surface area contributed by atoms with Gasteiger partial charge in [0.05, 0.1) is 16.8 Å². The number of halogens is 7. The second kappa shape index (κ2) is 6.00. The third-order valence-electron chi connectivity index (χ3n) is 1.92. The maximum atomic E-state index is 12.8. The SMILES string of the molecule is O=C(Cl)c1cnc(CBr)c(OC(F)(F)F)c1C(F)F. The molecule has 0 aliphatic heterocycles. The lowest BCUT2D eigenvalue weighted by Crippen LogP contribution is -2.20. The Bertz CT molecular complexity index is 494. The smallest absolute Gasteiger partial charge is 0.403 e. The summed E-state index contributed by atoms with van der Waals surface area (Å²) in [6.07, 6.45) is -7.90. The van der Waals surface area contributed by atoms with E-state index < -0.39 is 40.6 Å². The highest BCUT2D eigenvalue weighted by molar-refractivity contribution is 9.08. The third-order valence-corrected chi connectivity index (χ3v) is 2.66. The molecule has 1 heterocycles. The molecule has 0 atom stereocenters. The summed E-state index contributed by atoms with van der Waals surface area (Å²) in [6, 6.07) is 0. The van der Waals surface area contributed by atoms with Crippen LogP contribution in [0.3, 0.4) is 0 Å². The molecule has 0 aliphatic rings. The van der Waals surface area contributed by atoms with E-state index in [2.05, 4.69) is 25.7 Å². The van der Waals surface area contributed by atoms with Gasteiger partial charge in [-0.15, -0.1) is 13.2 Å². The Labute approximate surface area is 116 Å². The molecule has 0 unspecified atom stereocenters. The molecule has 1 aromatic heterocycles. The second-order valence-electron chi connectivity index (χ2n) is 3.12. The minimum Gasteiger partial charge on any atom is -0.403 e. The standard InChI is InChI=1S/C9H4BrClF5NO2/c10-1-4-6(19-9(14,15)16)5(8(12)13)3(2-17-4)7(11)18/h2,8H,1H2. The molecule has 19 heavy (non-hydrogen) atoms. The number of hydrogen-bond acceptors (Lipinski definition) is 3. The molecule has 10 heteroatoms. The van der Waals surface area contributed by atoms with E-state index in [1.54, 1.807) is 0 Å². The molecule has 0 bridgehead atoms. The van der Waals surface area contributed by atoms with E-state index in [-0.39, 0.29) is 5.33 Å². The van der Waals surface area contributed by atoms with Gasteiger partial charge in [-0.3, -0.25) is 9.78 Å². The number of aromatic nitrogens is 1. The van der Waals surface area contributed by atoms with E-state index in [1.807, 2.05) is 0 Å². The fraction of sp³-hybridized carbons (Fsp3) is 0.333. The van der Waals surface area contributed by atoms with Crippen molar-refractivity contribution in [2.75, 3.05) is 0 Å². The normalized spacial score (nSPS) is 11.8. The molecular weight excluding hydrogens is 364 g/mol. The van der Waals surface area contributed by atoms with Gasteiger partial charge in [-0.25, -0.2) is 8.78 Å². The summed E-state index contributed by atoms with van der Waals surface area (Å²) in [4.78, 5) is 14.4. The van der Waals surface area contributed by atoms with Gasteiger partial charge >= 0.3 is 6.36 Å². The molecule has 3 nitrogen and oxygen atoms in total. The van der Waals surface area contributed by atoms with Crippen LogP contribution in [0.25, 0.3) is 0 Å². The van der Waals surface area contributed by atoms with Crippen molar-refractivity contribution in [1.82, 2.24) is 4.98 Å². The number of rotatable bonds is 4. The summed E-state index contributed by atoms with van der Waals surface area (Å²) in [5.41, 5.74) is -2.49. The minimum absolute atomic E-state index is 0.269. The number of ether oxygens (including phenoxy) is 1. The first kappa shape index (κ1) is 16.1. The average molecular weight is 368 g/mol. The first-order valence-corrected chi connectivity index (χ1v) is 5.98. The fourth-order valence-electron chi connectivity index (χ4n) is 1.25. The molecule has 0 saturated heterocycles. The van der Waals surface area contributed by atoms with E-state index in [0.29, 0.717) is 6.20 Å². The van der Waals surface area contributed by atoms with Gasteiger partial charge in [-0.1, -0.05) is 15.9 Å². The average Bonchev–Trinajstić information content (AvgIpc) is 2.25. The Morgan fingerprint density at radius 3 is 2.42 bits per heavy atom. The van der Waals surface area contributed by atoms with Crippen LogP contribution in [0.1, 0.15) is 28.0 Å². The van der Waals surface area contributed by atoms with Crippen molar-refractivity contribution < 1.29 is 31.5 Å². The van der Waals surface area contributed by atoms with Gasteiger partial charge in [0.15, 0.2) is 5.75 Å². The van der Waals surface area contributed by atoms with Crippen LogP contribution in [0.2, 0.25) is 0 Å². The van der Waals surface area contributed by atoms with E-state index in [9.17, 15) is 26.7 Å².